The van der Waals surface area contributed by atoms with Crippen molar-refractivity contribution in [3.05, 3.63) is 0 Å². The Bertz CT molecular complexity index is 245. The second-order valence-electron chi connectivity index (χ2n) is 6.86. The number of ether oxygens (including phenoxy) is 1. The molecule has 0 bridgehead atoms. The summed E-state index contributed by atoms with van der Waals surface area (Å²) < 4.78 is 5.58. The minimum absolute atomic E-state index is 0.156. The van der Waals surface area contributed by atoms with Crippen molar-refractivity contribution in [1.82, 2.24) is 4.90 Å². The van der Waals surface area contributed by atoms with Gasteiger partial charge in [0.2, 0.25) is 0 Å². The summed E-state index contributed by atoms with van der Waals surface area (Å²) in [6, 6.07) is 0. The lowest BCUT2D eigenvalue weighted by Gasteiger charge is -2.46. The van der Waals surface area contributed by atoms with Gasteiger partial charge in [0.25, 0.3) is 0 Å². The molecule has 1 atom stereocenters. The molecule has 0 aromatic heterocycles. The van der Waals surface area contributed by atoms with Crippen LogP contribution < -0.4 is 5.73 Å². The van der Waals surface area contributed by atoms with Crippen molar-refractivity contribution < 1.29 is 4.74 Å². The first kappa shape index (κ1) is 13.3. The zero-order chi connectivity index (χ0) is 12.5. The van der Waals surface area contributed by atoms with Crippen molar-refractivity contribution in [2.45, 2.75) is 45.6 Å². The Labute approximate surface area is 106 Å². The first-order valence-electron chi connectivity index (χ1n) is 7.01. The normalized spacial score (nSPS) is 33.2. The first-order chi connectivity index (χ1) is 7.98. The molecule has 2 N–H and O–H groups in total. The van der Waals surface area contributed by atoms with E-state index < -0.39 is 0 Å². The van der Waals surface area contributed by atoms with Gasteiger partial charge in [-0.15, -0.1) is 0 Å². The summed E-state index contributed by atoms with van der Waals surface area (Å²) in [7, 11) is 0. The molecule has 0 aromatic carbocycles. The molecule has 100 valence electrons. The lowest BCUT2D eigenvalue weighted by Crippen LogP contribution is -2.57. The van der Waals surface area contributed by atoms with E-state index in [4.69, 9.17) is 10.5 Å². The molecular weight excluding hydrogens is 212 g/mol. The van der Waals surface area contributed by atoms with Crippen molar-refractivity contribution in [3.8, 4) is 0 Å². The van der Waals surface area contributed by atoms with Crippen molar-refractivity contribution >= 4 is 0 Å². The first-order valence-corrected chi connectivity index (χ1v) is 7.01. The topological polar surface area (TPSA) is 38.5 Å². The van der Waals surface area contributed by atoms with Crippen LogP contribution >= 0.6 is 0 Å². The van der Waals surface area contributed by atoms with Crippen molar-refractivity contribution in [2.75, 3.05) is 32.8 Å². The van der Waals surface area contributed by atoms with Crippen LogP contribution in [0.1, 0.15) is 40.0 Å². The highest BCUT2D eigenvalue weighted by Crippen LogP contribution is 2.37. The summed E-state index contributed by atoms with van der Waals surface area (Å²) in [6.07, 6.45) is 3.74. The summed E-state index contributed by atoms with van der Waals surface area (Å²) in [5, 5.41) is 0. The average molecular weight is 240 g/mol. The van der Waals surface area contributed by atoms with Crippen molar-refractivity contribution in [3.63, 3.8) is 0 Å². The third kappa shape index (κ3) is 2.67. The number of rotatable bonds is 2. The Hall–Kier alpha value is -0.120. The van der Waals surface area contributed by atoms with Gasteiger partial charge in [0.05, 0.1) is 12.1 Å². The second kappa shape index (κ2) is 4.87. The molecule has 2 saturated heterocycles. The van der Waals surface area contributed by atoms with Crippen LogP contribution in [-0.4, -0.2) is 43.3 Å². The number of likely N-dealkylation sites (tertiary alicyclic amines) is 1. The molecule has 0 saturated carbocycles. The van der Waals surface area contributed by atoms with Crippen molar-refractivity contribution in [1.29, 1.82) is 0 Å². The van der Waals surface area contributed by atoms with E-state index in [-0.39, 0.29) is 5.54 Å². The molecule has 0 radical (unpaired) electrons. The van der Waals surface area contributed by atoms with Gasteiger partial charge in [-0.3, -0.25) is 4.90 Å². The predicted molar refractivity (Wildman–Crippen MR) is 71.0 cm³/mol. The molecule has 0 aromatic rings. The van der Waals surface area contributed by atoms with E-state index in [0.717, 1.165) is 32.1 Å². The fraction of sp³-hybridized carbons (Fsp3) is 1.00. The van der Waals surface area contributed by atoms with Gasteiger partial charge in [-0.25, -0.2) is 0 Å². The average Bonchev–Trinajstić information content (AvgIpc) is 2.78. The van der Waals surface area contributed by atoms with E-state index in [1.54, 1.807) is 0 Å². The third-order valence-corrected chi connectivity index (χ3v) is 4.85. The molecule has 0 spiro atoms. The molecule has 3 nitrogen and oxygen atoms in total. The van der Waals surface area contributed by atoms with E-state index in [1.807, 2.05) is 0 Å². The van der Waals surface area contributed by atoms with E-state index in [0.29, 0.717) is 5.41 Å². The molecule has 2 fully saturated rings. The number of nitrogens with two attached hydrogens (primary N) is 1. The highest BCUT2D eigenvalue weighted by Gasteiger charge is 2.42. The van der Waals surface area contributed by atoms with Crippen LogP contribution in [0.4, 0.5) is 0 Å². The van der Waals surface area contributed by atoms with Crippen LogP contribution in [0, 0.1) is 11.3 Å². The van der Waals surface area contributed by atoms with Crippen LogP contribution in [0.5, 0.6) is 0 Å². The SMILES string of the molecule is CC(C)(C)C1CCN(C2(CN)CCOC2)CC1. The van der Waals surface area contributed by atoms with Crippen LogP contribution in [0.2, 0.25) is 0 Å². The van der Waals surface area contributed by atoms with Gasteiger partial charge in [0, 0.05) is 13.2 Å². The van der Waals surface area contributed by atoms with Gasteiger partial charge in [-0.05, 0) is 43.7 Å². The predicted octanol–water partition coefficient (Wildman–Crippen LogP) is 1.86. The van der Waals surface area contributed by atoms with Gasteiger partial charge >= 0.3 is 0 Å². The minimum atomic E-state index is 0.156. The van der Waals surface area contributed by atoms with Crippen LogP contribution in [0.3, 0.4) is 0 Å². The summed E-state index contributed by atoms with van der Waals surface area (Å²) >= 11 is 0. The van der Waals surface area contributed by atoms with E-state index >= 15 is 0 Å². The molecule has 2 rings (SSSR count). The summed E-state index contributed by atoms with van der Waals surface area (Å²) in [5.74, 6) is 0.857. The molecule has 2 aliphatic rings. The Morgan fingerprint density at radius 1 is 1.29 bits per heavy atom. The number of nitrogens with zero attached hydrogens (tertiary/aromatic N) is 1. The quantitative estimate of drug-likeness (QED) is 0.801. The monoisotopic (exact) mass is 240 g/mol. The molecule has 17 heavy (non-hydrogen) atoms. The zero-order valence-electron chi connectivity index (χ0n) is 11.7. The number of piperidine rings is 1. The Morgan fingerprint density at radius 3 is 2.35 bits per heavy atom. The molecule has 0 aliphatic carbocycles. The summed E-state index contributed by atoms with van der Waals surface area (Å²) in [4.78, 5) is 2.60. The smallest absolute Gasteiger partial charge is 0.0663 e. The van der Waals surface area contributed by atoms with Gasteiger partial charge in [0.1, 0.15) is 0 Å². The maximum atomic E-state index is 6.00. The molecule has 3 heteroatoms. The van der Waals surface area contributed by atoms with E-state index in [1.165, 1.54) is 25.9 Å². The van der Waals surface area contributed by atoms with Crippen LogP contribution in [0.15, 0.2) is 0 Å². The zero-order valence-corrected chi connectivity index (χ0v) is 11.7. The highest BCUT2D eigenvalue weighted by atomic mass is 16.5. The Kier molecular flexibility index (Phi) is 3.81. The lowest BCUT2D eigenvalue weighted by molar-refractivity contribution is 0.0220. The maximum Gasteiger partial charge on any atom is 0.0663 e. The summed E-state index contributed by atoms with van der Waals surface area (Å²) in [6.45, 7) is 12.0. The standard InChI is InChI=1S/C14H28N2O/c1-13(2,3)12-4-7-16(8-5-12)14(10-15)6-9-17-11-14/h12H,4-11,15H2,1-3H3. The van der Waals surface area contributed by atoms with E-state index in [9.17, 15) is 0 Å². The maximum absolute atomic E-state index is 6.00. The van der Waals surface area contributed by atoms with Gasteiger partial charge in [-0.1, -0.05) is 20.8 Å². The summed E-state index contributed by atoms with van der Waals surface area (Å²) in [5.41, 5.74) is 6.61. The van der Waals surface area contributed by atoms with Gasteiger partial charge in [-0.2, -0.15) is 0 Å². The third-order valence-electron chi connectivity index (χ3n) is 4.85. The molecule has 2 aliphatic heterocycles. The minimum Gasteiger partial charge on any atom is -0.379 e. The second-order valence-corrected chi connectivity index (χ2v) is 6.86. The van der Waals surface area contributed by atoms with Crippen LogP contribution in [-0.2, 0) is 4.74 Å². The van der Waals surface area contributed by atoms with E-state index in [2.05, 4.69) is 25.7 Å². The molecule has 2 heterocycles. The number of hydrogen-bond donors (Lipinski definition) is 1. The molecule has 1 unspecified atom stereocenters. The van der Waals surface area contributed by atoms with Crippen LogP contribution in [0.25, 0.3) is 0 Å². The Balaban J connectivity index is 1.94. The van der Waals surface area contributed by atoms with Gasteiger partial charge < -0.3 is 10.5 Å². The van der Waals surface area contributed by atoms with Crippen molar-refractivity contribution in [2.24, 2.45) is 17.1 Å². The number of hydrogen-bond acceptors (Lipinski definition) is 3. The molecular formula is C14H28N2O. The fourth-order valence-corrected chi connectivity index (χ4v) is 3.36. The lowest BCUT2D eigenvalue weighted by atomic mass is 9.74. The largest absolute Gasteiger partial charge is 0.379 e. The Morgan fingerprint density at radius 2 is 1.94 bits per heavy atom. The fourth-order valence-electron chi connectivity index (χ4n) is 3.36. The molecule has 0 amide bonds. The van der Waals surface area contributed by atoms with Gasteiger partial charge in [0.15, 0.2) is 0 Å². The highest BCUT2D eigenvalue weighted by molar-refractivity contribution is 4.97.